The van der Waals surface area contributed by atoms with Crippen molar-refractivity contribution in [2.45, 2.75) is 13.8 Å². The van der Waals surface area contributed by atoms with Gasteiger partial charge in [0.2, 0.25) is 0 Å². The van der Waals surface area contributed by atoms with Gasteiger partial charge in [0.1, 0.15) is 24.7 Å². The smallest absolute Gasteiger partial charge is 0.253 e. The fourth-order valence-corrected chi connectivity index (χ4v) is 2.48. The maximum absolute atomic E-state index is 12.3. The summed E-state index contributed by atoms with van der Waals surface area (Å²) in [5, 5.41) is 0.573. The van der Waals surface area contributed by atoms with Crippen molar-refractivity contribution in [2.24, 2.45) is 0 Å². The second kappa shape index (κ2) is 9.18. The van der Waals surface area contributed by atoms with Gasteiger partial charge >= 0.3 is 0 Å². The van der Waals surface area contributed by atoms with Gasteiger partial charge in [0.05, 0.1) is 5.02 Å². The van der Waals surface area contributed by atoms with Crippen LogP contribution in [0.1, 0.15) is 24.2 Å². The molecule has 24 heavy (non-hydrogen) atoms. The Morgan fingerprint density at radius 1 is 1.00 bits per heavy atom. The van der Waals surface area contributed by atoms with Gasteiger partial charge in [-0.2, -0.15) is 0 Å². The van der Waals surface area contributed by atoms with E-state index in [1.807, 2.05) is 44.2 Å². The van der Waals surface area contributed by atoms with E-state index in [9.17, 15) is 4.79 Å². The number of nitrogens with zero attached hydrogens (tertiary/aromatic N) is 1. The zero-order valence-electron chi connectivity index (χ0n) is 14.0. The third-order valence-electron chi connectivity index (χ3n) is 3.58. The number of amides is 1. The van der Waals surface area contributed by atoms with Crippen LogP contribution in [0.4, 0.5) is 0 Å². The van der Waals surface area contributed by atoms with Gasteiger partial charge in [-0.15, -0.1) is 0 Å². The summed E-state index contributed by atoms with van der Waals surface area (Å²) in [4.78, 5) is 14.1. The molecule has 4 nitrogen and oxygen atoms in total. The van der Waals surface area contributed by atoms with Crippen LogP contribution in [0.15, 0.2) is 48.5 Å². The van der Waals surface area contributed by atoms with Crippen LogP contribution in [0.3, 0.4) is 0 Å². The molecular formula is C19H22ClNO3. The second-order valence-electron chi connectivity index (χ2n) is 5.13. The van der Waals surface area contributed by atoms with Gasteiger partial charge in [0.25, 0.3) is 5.91 Å². The molecule has 0 spiro atoms. The molecule has 0 atom stereocenters. The summed E-state index contributed by atoms with van der Waals surface area (Å²) in [6, 6.07) is 14.5. The lowest BCUT2D eigenvalue weighted by molar-refractivity contribution is 0.0772. The van der Waals surface area contributed by atoms with E-state index >= 15 is 0 Å². The van der Waals surface area contributed by atoms with Crippen molar-refractivity contribution in [1.82, 2.24) is 4.90 Å². The normalized spacial score (nSPS) is 10.3. The summed E-state index contributed by atoms with van der Waals surface area (Å²) in [6.07, 6.45) is 0. The van der Waals surface area contributed by atoms with Crippen LogP contribution in [-0.2, 0) is 0 Å². The lowest BCUT2D eigenvalue weighted by Crippen LogP contribution is -2.30. The highest BCUT2D eigenvalue weighted by atomic mass is 35.5. The Hall–Kier alpha value is -2.20. The third kappa shape index (κ3) is 4.90. The Bertz CT molecular complexity index is 671. The highest BCUT2D eigenvalue weighted by Crippen LogP contribution is 2.23. The molecule has 128 valence electrons. The summed E-state index contributed by atoms with van der Waals surface area (Å²) >= 11 is 6.02. The molecule has 2 aromatic rings. The number of rotatable bonds is 8. The first-order chi connectivity index (χ1) is 11.7. The lowest BCUT2D eigenvalue weighted by atomic mass is 10.2. The van der Waals surface area contributed by atoms with E-state index in [4.69, 9.17) is 21.1 Å². The van der Waals surface area contributed by atoms with Crippen molar-refractivity contribution in [3.63, 3.8) is 0 Å². The highest BCUT2D eigenvalue weighted by molar-refractivity contribution is 6.32. The first-order valence-corrected chi connectivity index (χ1v) is 8.43. The maximum atomic E-state index is 12.3. The third-order valence-corrected chi connectivity index (χ3v) is 3.89. The van der Waals surface area contributed by atoms with Crippen LogP contribution in [0.5, 0.6) is 11.5 Å². The molecule has 0 radical (unpaired) electrons. The number of ether oxygens (including phenoxy) is 2. The Labute approximate surface area is 147 Å². The van der Waals surface area contributed by atoms with E-state index in [1.54, 1.807) is 23.1 Å². The molecule has 0 saturated carbocycles. The number of benzene rings is 2. The van der Waals surface area contributed by atoms with Gasteiger partial charge in [-0.1, -0.05) is 29.8 Å². The Morgan fingerprint density at radius 3 is 2.42 bits per heavy atom. The number of carbonyl (C=O) groups excluding carboxylic acids is 1. The topological polar surface area (TPSA) is 38.8 Å². The van der Waals surface area contributed by atoms with Gasteiger partial charge in [-0.05, 0) is 44.2 Å². The number of hydrogen-bond acceptors (Lipinski definition) is 3. The molecule has 5 heteroatoms. The summed E-state index contributed by atoms with van der Waals surface area (Å²) in [5.41, 5.74) is 0.628. The van der Waals surface area contributed by atoms with Crippen LogP contribution < -0.4 is 9.47 Å². The predicted molar refractivity (Wildman–Crippen MR) is 96.1 cm³/mol. The van der Waals surface area contributed by atoms with E-state index in [2.05, 4.69) is 0 Å². The summed E-state index contributed by atoms with van der Waals surface area (Å²) < 4.78 is 11.2. The summed E-state index contributed by atoms with van der Waals surface area (Å²) in [7, 11) is 0. The molecule has 2 rings (SSSR count). The zero-order chi connectivity index (χ0) is 17.4. The van der Waals surface area contributed by atoms with Gasteiger partial charge in [-0.25, -0.2) is 0 Å². The first-order valence-electron chi connectivity index (χ1n) is 8.05. The summed E-state index contributed by atoms with van der Waals surface area (Å²) in [5.74, 6) is 1.29. The van der Waals surface area contributed by atoms with Crippen molar-refractivity contribution in [2.75, 3.05) is 26.3 Å². The fourth-order valence-electron chi connectivity index (χ4n) is 2.29. The van der Waals surface area contributed by atoms with E-state index in [0.29, 0.717) is 48.4 Å². The minimum Gasteiger partial charge on any atom is -0.490 e. The molecule has 2 aromatic carbocycles. The van der Waals surface area contributed by atoms with Crippen molar-refractivity contribution < 1.29 is 14.3 Å². The number of carbonyl (C=O) groups is 1. The molecule has 0 aliphatic rings. The van der Waals surface area contributed by atoms with Crippen LogP contribution in [-0.4, -0.2) is 37.1 Å². The van der Waals surface area contributed by atoms with Crippen LogP contribution in [0.25, 0.3) is 0 Å². The Morgan fingerprint density at radius 2 is 1.71 bits per heavy atom. The molecule has 0 heterocycles. The van der Waals surface area contributed by atoms with E-state index in [1.165, 1.54) is 0 Å². The molecule has 0 aromatic heterocycles. The molecule has 0 unspecified atom stereocenters. The van der Waals surface area contributed by atoms with Gasteiger partial charge in [-0.3, -0.25) is 4.79 Å². The number of para-hydroxylation sites is 1. The van der Waals surface area contributed by atoms with Crippen molar-refractivity contribution >= 4 is 17.5 Å². The van der Waals surface area contributed by atoms with E-state index in [-0.39, 0.29) is 5.91 Å². The molecule has 0 aliphatic heterocycles. The van der Waals surface area contributed by atoms with Gasteiger partial charge < -0.3 is 14.4 Å². The van der Waals surface area contributed by atoms with Gasteiger partial charge in [0.15, 0.2) is 0 Å². The van der Waals surface area contributed by atoms with Crippen molar-refractivity contribution in [3.05, 3.63) is 59.1 Å². The van der Waals surface area contributed by atoms with Crippen LogP contribution in [0.2, 0.25) is 5.02 Å². The Balaban J connectivity index is 1.88. The van der Waals surface area contributed by atoms with Crippen molar-refractivity contribution in [1.29, 1.82) is 0 Å². The van der Waals surface area contributed by atoms with Gasteiger partial charge in [0, 0.05) is 18.7 Å². The van der Waals surface area contributed by atoms with Crippen LogP contribution >= 0.6 is 11.6 Å². The lowest BCUT2D eigenvalue weighted by Gasteiger charge is -2.19. The maximum Gasteiger partial charge on any atom is 0.253 e. The summed E-state index contributed by atoms with van der Waals surface area (Å²) in [6.45, 7) is 6.05. The molecule has 1 amide bonds. The average Bonchev–Trinajstić information content (AvgIpc) is 2.61. The number of hydrogen-bond donors (Lipinski definition) is 0. The van der Waals surface area contributed by atoms with Crippen molar-refractivity contribution in [3.8, 4) is 11.5 Å². The van der Waals surface area contributed by atoms with E-state index in [0.717, 1.165) is 0 Å². The quantitative estimate of drug-likeness (QED) is 0.669. The SMILES string of the molecule is CCN(CC)C(=O)c1cccc(OCCOc2ccccc2Cl)c1. The predicted octanol–water partition coefficient (Wildman–Crippen LogP) is 4.28. The molecule has 0 aliphatic carbocycles. The standard InChI is InChI=1S/C19H22ClNO3/c1-3-21(4-2)19(22)15-8-7-9-16(14-15)23-12-13-24-18-11-6-5-10-17(18)20/h5-11,14H,3-4,12-13H2,1-2H3. The Kier molecular flexibility index (Phi) is 6.94. The zero-order valence-corrected chi connectivity index (χ0v) is 14.8. The fraction of sp³-hybridized carbons (Fsp3) is 0.316. The first kappa shape index (κ1) is 18.1. The molecule has 0 N–H and O–H groups in total. The highest BCUT2D eigenvalue weighted by Gasteiger charge is 2.12. The minimum absolute atomic E-state index is 0.0118. The second-order valence-corrected chi connectivity index (χ2v) is 5.54. The minimum atomic E-state index is 0.0118. The molecule has 0 bridgehead atoms. The average molecular weight is 348 g/mol. The van der Waals surface area contributed by atoms with Crippen LogP contribution in [0, 0.1) is 0 Å². The van der Waals surface area contributed by atoms with E-state index < -0.39 is 0 Å². The molecule has 0 fully saturated rings. The molecular weight excluding hydrogens is 326 g/mol. The monoisotopic (exact) mass is 347 g/mol. The largest absolute Gasteiger partial charge is 0.490 e. The molecule has 0 saturated heterocycles. The number of halogens is 1.